The van der Waals surface area contributed by atoms with Crippen molar-refractivity contribution in [3.63, 3.8) is 0 Å². The minimum Gasteiger partial charge on any atom is -0.417 e. The minimum atomic E-state index is -1.09. The quantitative estimate of drug-likeness (QED) is 0.610. The van der Waals surface area contributed by atoms with E-state index in [-0.39, 0.29) is 0 Å². The summed E-state index contributed by atoms with van der Waals surface area (Å²) in [6, 6.07) is 3.96. The van der Waals surface area contributed by atoms with Crippen LogP contribution in [-0.2, 0) is 8.85 Å². The molecular formula is C14H31O2SSi2. The fraction of sp³-hybridized carbons (Fsp3) is 1.00. The second-order valence-corrected chi connectivity index (χ2v) is 13.5. The maximum absolute atomic E-state index is 5.70. The molecule has 1 radical (unpaired) electrons. The van der Waals surface area contributed by atoms with Crippen LogP contribution >= 0.6 is 12.6 Å². The summed E-state index contributed by atoms with van der Waals surface area (Å²) < 4.78 is 11.3. The van der Waals surface area contributed by atoms with E-state index >= 15 is 0 Å². The maximum atomic E-state index is 5.70. The first kappa shape index (κ1) is 17.8. The zero-order chi connectivity index (χ0) is 14.1. The van der Waals surface area contributed by atoms with E-state index in [2.05, 4.69) is 32.6 Å². The topological polar surface area (TPSA) is 18.5 Å². The highest BCUT2D eigenvalue weighted by Crippen LogP contribution is 2.20. The van der Waals surface area contributed by atoms with Gasteiger partial charge >= 0.3 is 0 Å². The minimum absolute atomic E-state index is 0.436. The monoisotopic (exact) mass is 319 g/mol. The van der Waals surface area contributed by atoms with E-state index in [1.807, 2.05) is 0 Å². The molecule has 2 saturated heterocycles. The highest BCUT2D eigenvalue weighted by atomic mass is 32.1. The van der Waals surface area contributed by atoms with Gasteiger partial charge in [-0.15, -0.1) is 0 Å². The average molecular weight is 320 g/mol. The Morgan fingerprint density at radius 2 is 1.89 bits per heavy atom. The van der Waals surface area contributed by atoms with Crippen molar-refractivity contribution in [2.75, 3.05) is 13.2 Å². The first-order valence-electron chi connectivity index (χ1n) is 7.83. The fourth-order valence-electron chi connectivity index (χ4n) is 2.35. The summed E-state index contributed by atoms with van der Waals surface area (Å²) in [7, 11) is -1.53. The van der Waals surface area contributed by atoms with E-state index in [1.54, 1.807) is 0 Å². The molecule has 1 unspecified atom stereocenters. The molecule has 0 amide bonds. The van der Waals surface area contributed by atoms with Crippen molar-refractivity contribution >= 4 is 30.0 Å². The molecule has 0 aromatic rings. The Balaban J connectivity index is 0.000000200. The molecule has 0 spiro atoms. The Hall–Kier alpha value is 0.704. The van der Waals surface area contributed by atoms with Gasteiger partial charge < -0.3 is 8.85 Å². The number of hydrogen-bond donors (Lipinski definition) is 1. The second kappa shape index (κ2) is 9.61. The van der Waals surface area contributed by atoms with Crippen LogP contribution in [0.25, 0.3) is 0 Å². The van der Waals surface area contributed by atoms with Gasteiger partial charge in [0.1, 0.15) is 0 Å². The zero-order valence-corrected chi connectivity index (χ0v) is 15.8. The lowest BCUT2D eigenvalue weighted by Crippen LogP contribution is -2.33. The van der Waals surface area contributed by atoms with Crippen LogP contribution in [0.2, 0.25) is 31.2 Å². The van der Waals surface area contributed by atoms with E-state index in [0.717, 1.165) is 13.2 Å². The first-order chi connectivity index (χ1) is 9.03. The number of thiol groups is 1. The van der Waals surface area contributed by atoms with Gasteiger partial charge in [0.25, 0.3) is 0 Å². The molecule has 0 saturated carbocycles. The molecule has 2 aliphatic rings. The zero-order valence-electron chi connectivity index (χ0n) is 12.9. The molecule has 2 aliphatic heterocycles. The molecule has 1 atom stereocenters. The molecule has 113 valence electrons. The predicted molar refractivity (Wildman–Crippen MR) is 91.1 cm³/mol. The summed E-state index contributed by atoms with van der Waals surface area (Å²) in [6.07, 6.45) is 6.53. The predicted octanol–water partition coefficient (Wildman–Crippen LogP) is 4.50. The highest BCUT2D eigenvalue weighted by molar-refractivity contribution is 7.81. The molecule has 2 heterocycles. The summed E-state index contributed by atoms with van der Waals surface area (Å²) in [5.41, 5.74) is 0. The normalized spacial score (nSPS) is 25.3. The van der Waals surface area contributed by atoms with Crippen LogP contribution in [0, 0.1) is 0 Å². The van der Waals surface area contributed by atoms with Crippen LogP contribution in [-0.4, -0.2) is 35.8 Å². The Labute approximate surface area is 127 Å². The lowest BCUT2D eigenvalue weighted by molar-refractivity contribution is 0.275. The Morgan fingerprint density at radius 1 is 1.16 bits per heavy atom. The summed E-state index contributed by atoms with van der Waals surface area (Å²) in [4.78, 5) is 0. The van der Waals surface area contributed by atoms with Crippen LogP contribution in [0.15, 0.2) is 0 Å². The molecule has 2 rings (SSSR count). The van der Waals surface area contributed by atoms with Crippen molar-refractivity contribution in [2.24, 2.45) is 0 Å². The van der Waals surface area contributed by atoms with Gasteiger partial charge in [-0.1, -0.05) is 19.8 Å². The molecule has 2 fully saturated rings. The second-order valence-electron chi connectivity index (χ2n) is 6.18. The third-order valence-electron chi connectivity index (χ3n) is 3.76. The van der Waals surface area contributed by atoms with E-state index < -0.39 is 17.4 Å². The van der Waals surface area contributed by atoms with Gasteiger partial charge in [0.15, 0.2) is 8.32 Å². The smallest absolute Gasteiger partial charge is 0.212 e. The molecule has 19 heavy (non-hydrogen) atoms. The summed E-state index contributed by atoms with van der Waals surface area (Å²) in [6.45, 7) is 8.83. The van der Waals surface area contributed by atoms with E-state index in [0.29, 0.717) is 5.25 Å². The highest BCUT2D eigenvalue weighted by Gasteiger charge is 2.24. The molecule has 0 aliphatic carbocycles. The van der Waals surface area contributed by atoms with Crippen molar-refractivity contribution in [3.05, 3.63) is 0 Å². The summed E-state index contributed by atoms with van der Waals surface area (Å²) >= 11 is 4.49. The van der Waals surface area contributed by atoms with Gasteiger partial charge in [0, 0.05) is 18.5 Å². The van der Waals surface area contributed by atoms with Gasteiger partial charge in [0.05, 0.1) is 0 Å². The van der Waals surface area contributed by atoms with Crippen molar-refractivity contribution in [1.82, 2.24) is 0 Å². The van der Waals surface area contributed by atoms with E-state index in [4.69, 9.17) is 8.85 Å². The lowest BCUT2D eigenvalue weighted by Gasteiger charge is -2.27. The van der Waals surface area contributed by atoms with E-state index in [1.165, 1.54) is 50.2 Å². The van der Waals surface area contributed by atoms with Crippen molar-refractivity contribution in [2.45, 2.75) is 75.5 Å². The standard InChI is InChI=1S/C8H17OSSi.C6H14OSi/c1-2-8(10)7-11-6-4-3-5-9-11;1-8(2)6-4-3-5-7-8/h8,10H,2-7H2,1H3;3-6H2,1-2H3. The van der Waals surface area contributed by atoms with Crippen LogP contribution in [0.5, 0.6) is 0 Å². The Kier molecular flexibility index (Phi) is 8.98. The molecule has 0 aromatic carbocycles. The SMILES string of the molecule is CCC(S)C[Si]1CCCCO1.C[Si]1(C)CCCCO1. The maximum Gasteiger partial charge on any atom is 0.212 e. The van der Waals surface area contributed by atoms with Crippen LogP contribution < -0.4 is 0 Å². The van der Waals surface area contributed by atoms with Gasteiger partial charge in [0.2, 0.25) is 9.04 Å². The molecule has 0 N–H and O–H groups in total. The molecule has 0 aromatic heterocycles. The average Bonchev–Trinajstić information content (AvgIpc) is 2.40. The van der Waals surface area contributed by atoms with Gasteiger partial charge in [-0.3, -0.25) is 0 Å². The summed E-state index contributed by atoms with van der Waals surface area (Å²) in [5, 5.41) is 0.585. The van der Waals surface area contributed by atoms with Gasteiger partial charge in [-0.2, -0.15) is 12.6 Å². The van der Waals surface area contributed by atoms with Crippen LogP contribution in [0.1, 0.15) is 39.0 Å². The third kappa shape index (κ3) is 8.55. The van der Waals surface area contributed by atoms with Crippen LogP contribution in [0.4, 0.5) is 0 Å². The van der Waals surface area contributed by atoms with Crippen LogP contribution in [0.3, 0.4) is 0 Å². The van der Waals surface area contributed by atoms with Gasteiger partial charge in [-0.25, -0.2) is 0 Å². The summed E-state index contributed by atoms with van der Waals surface area (Å²) in [5.74, 6) is 0. The lowest BCUT2D eigenvalue weighted by atomic mass is 10.4. The molecule has 0 bridgehead atoms. The number of hydrogen-bond acceptors (Lipinski definition) is 3. The van der Waals surface area contributed by atoms with Gasteiger partial charge in [-0.05, 0) is 50.5 Å². The number of rotatable bonds is 3. The van der Waals surface area contributed by atoms with Crippen molar-refractivity contribution in [3.8, 4) is 0 Å². The van der Waals surface area contributed by atoms with E-state index in [9.17, 15) is 0 Å². The largest absolute Gasteiger partial charge is 0.417 e. The fourth-order valence-corrected chi connectivity index (χ4v) is 7.27. The molecule has 2 nitrogen and oxygen atoms in total. The third-order valence-corrected chi connectivity index (χ3v) is 9.66. The molecule has 5 heteroatoms. The van der Waals surface area contributed by atoms with Crippen molar-refractivity contribution < 1.29 is 8.85 Å². The Morgan fingerprint density at radius 3 is 2.32 bits per heavy atom. The molecular weight excluding hydrogens is 288 g/mol. The van der Waals surface area contributed by atoms with Crippen molar-refractivity contribution in [1.29, 1.82) is 0 Å². The first-order valence-corrected chi connectivity index (χ1v) is 13.3. The Bertz CT molecular complexity index is 225.